The van der Waals surface area contributed by atoms with Gasteiger partial charge in [-0.2, -0.15) is 0 Å². The van der Waals surface area contributed by atoms with Crippen LogP contribution in [-0.2, 0) is 11.2 Å². The van der Waals surface area contributed by atoms with Crippen LogP contribution in [0.25, 0.3) is 22.3 Å². The number of nitrogens with zero attached hydrogens (tertiary/aromatic N) is 1. The lowest BCUT2D eigenvalue weighted by Crippen LogP contribution is -2.12. The molecule has 0 atom stereocenters. The molecule has 6 heteroatoms. The fraction of sp³-hybridized carbons (Fsp3) is 0.103. The first-order valence-electron chi connectivity index (χ1n) is 11.5. The number of carbonyl (C=O) groups is 1. The van der Waals surface area contributed by atoms with Gasteiger partial charge in [-0.05, 0) is 66.9 Å². The summed E-state index contributed by atoms with van der Waals surface area (Å²) in [6.45, 7) is 0. The van der Waals surface area contributed by atoms with Crippen molar-refractivity contribution in [1.29, 1.82) is 0 Å². The zero-order valence-electron chi connectivity index (χ0n) is 19.0. The number of aromatic nitrogens is 2. The van der Waals surface area contributed by atoms with Gasteiger partial charge in [0, 0.05) is 28.5 Å². The number of aromatic amines is 1. The molecule has 0 fully saturated rings. The number of H-pyrrole nitrogens is 1. The molecule has 5 nitrogen and oxygen atoms in total. The Morgan fingerprint density at radius 2 is 1.74 bits per heavy atom. The van der Waals surface area contributed by atoms with Crippen LogP contribution >= 0.6 is 11.6 Å². The van der Waals surface area contributed by atoms with Gasteiger partial charge in [0.2, 0.25) is 5.91 Å². The van der Waals surface area contributed by atoms with Crippen LogP contribution in [0.3, 0.4) is 0 Å². The fourth-order valence-electron chi connectivity index (χ4n) is 4.13. The van der Waals surface area contributed by atoms with Gasteiger partial charge in [0.1, 0.15) is 5.75 Å². The van der Waals surface area contributed by atoms with Gasteiger partial charge in [-0.3, -0.25) is 9.78 Å². The number of carbonyl (C=O) groups excluding carboxylic acids is 1. The van der Waals surface area contributed by atoms with Crippen LogP contribution in [0.5, 0.6) is 11.5 Å². The van der Waals surface area contributed by atoms with Crippen LogP contribution in [0.2, 0.25) is 5.02 Å². The molecule has 0 spiro atoms. The number of fused-ring (bicyclic) bond motifs is 1. The first-order valence-corrected chi connectivity index (χ1v) is 11.9. The molecule has 1 amide bonds. The number of ether oxygens (including phenoxy) is 1. The van der Waals surface area contributed by atoms with Crippen LogP contribution in [0.1, 0.15) is 18.4 Å². The SMILES string of the molecule is O=C(CCCc1c(-c2ccccn2)[nH]c2ccccc12)Nc1cc(Cl)ccc1Oc1ccccc1. The lowest BCUT2D eigenvalue weighted by atomic mass is 10.0. The van der Waals surface area contributed by atoms with Crippen LogP contribution in [0, 0.1) is 0 Å². The van der Waals surface area contributed by atoms with E-state index in [1.165, 1.54) is 5.56 Å². The van der Waals surface area contributed by atoms with E-state index in [0.717, 1.165) is 28.7 Å². The van der Waals surface area contributed by atoms with E-state index in [1.807, 2.05) is 60.7 Å². The maximum absolute atomic E-state index is 12.8. The highest BCUT2D eigenvalue weighted by atomic mass is 35.5. The number of rotatable bonds is 8. The summed E-state index contributed by atoms with van der Waals surface area (Å²) in [7, 11) is 0. The van der Waals surface area contributed by atoms with E-state index in [0.29, 0.717) is 35.1 Å². The Bertz CT molecular complexity index is 1450. The van der Waals surface area contributed by atoms with Crippen molar-refractivity contribution in [1.82, 2.24) is 9.97 Å². The van der Waals surface area contributed by atoms with Crippen molar-refractivity contribution in [3.63, 3.8) is 0 Å². The quantitative estimate of drug-likeness (QED) is 0.239. The fourth-order valence-corrected chi connectivity index (χ4v) is 4.30. The van der Waals surface area contributed by atoms with E-state index in [2.05, 4.69) is 27.4 Å². The van der Waals surface area contributed by atoms with Gasteiger partial charge in [0.05, 0.1) is 17.1 Å². The van der Waals surface area contributed by atoms with E-state index in [9.17, 15) is 4.79 Å². The molecule has 2 aromatic heterocycles. The number of halogens is 1. The number of pyridine rings is 1. The predicted octanol–water partition coefficient (Wildman–Crippen LogP) is 7.64. The van der Waals surface area contributed by atoms with Crippen LogP contribution in [-0.4, -0.2) is 15.9 Å². The van der Waals surface area contributed by atoms with Gasteiger partial charge in [-0.15, -0.1) is 0 Å². The molecule has 5 rings (SSSR count). The summed E-state index contributed by atoms with van der Waals surface area (Å²) in [5.74, 6) is 1.14. The molecule has 0 bridgehead atoms. The number of benzene rings is 3. The second-order valence-electron chi connectivity index (χ2n) is 8.20. The molecule has 0 unspecified atom stereocenters. The lowest BCUT2D eigenvalue weighted by Gasteiger charge is -2.13. The lowest BCUT2D eigenvalue weighted by molar-refractivity contribution is -0.116. The maximum Gasteiger partial charge on any atom is 0.224 e. The summed E-state index contributed by atoms with van der Waals surface area (Å²) in [6.07, 6.45) is 3.58. The third kappa shape index (κ3) is 5.36. The zero-order valence-corrected chi connectivity index (χ0v) is 19.8. The minimum atomic E-state index is -0.0931. The molecule has 3 aromatic carbocycles. The Balaban J connectivity index is 1.29. The van der Waals surface area contributed by atoms with Crippen LogP contribution < -0.4 is 10.1 Å². The van der Waals surface area contributed by atoms with Crippen molar-refractivity contribution in [2.45, 2.75) is 19.3 Å². The summed E-state index contributed by atoms with van der Waals surface area (Å²) in [6, 6.07) is 28.7. The topological polar surface area (TPSA) is 67.0 Å². The largest absolute Gasteiger partial charge is 0.455 e. The van der Waals surface area contributed by atoms with Crippen molar-refractivity contribution in [3.05, 3.63) is 108 Å². The predicted molar refractivity (Wildman–Crippen MR) is 141 cm³/mol. The molecular formula is C29H24ClN3O2. The molecule has 174 valence electrons. The molecule has 0 radical (unpaired) electrons. The standard InChI is InChI=1S/C29H24ClN3O2/c30-20-16-17-27(35-21-9-2-1-3-10-21)26(19-20)32-28(34)15-8-12-23-22-11-4-5-13-24(22)33-29(23)25-14-6-7-18-31-25/h1-7,9-11,13-14,16-19,33H,8,12,15H2,(H,32,34). The Labute approximate surface area is 208 Å². The second-order valence-corrected chi connectivity index (χ2v) is 8.63. The second kappa shape index (κ2) is 10.5. The summed E-state index contributed by atoms with van der Waals surface area (Å²) in [5.41, 5.74) is 4.68. The number of hydrogen-bond donors (Lipinski definition) is 2. The van der Waals surface area contributed by atoms with Crippen molar-refractivity contribution >= 4 is 34.1 Å². The Morgan fingerprint density at radius 1 is 0.943 bits per heavy atom. The average Bonchev–Trinajstić information content (AvgIpc) is 3.25. The van der Waals surface area contributed by atoms with E-state index >= 15 is 0 Å². The number of para-hydroxylation sites is 2. The van der Waals surface area contributed by atoms with E-state index in [-0.39, 0.29) is 5.91 Å². The third-order valence-corrected chi connectivity index (χ3v) is 5.99. The van der Waals surface area contributed by atoms with Crippen molar-refractivity contribution in [2.24, 2.45) is 0 Å². The van der Waals surface area contributed by atoms with Crippen molar-refractivity contribution < 1.29 is 9.53 Å². The molecule has 0 aliphatic heterocycles. The normalized spacial score (nSPS) is 10.9. The number of nitrogens with one attached hydrogen (secondary N) is 2. The summed E-state index contributed by atoms with van der Waals surface area (Å²) >= 11 is 6.19. The molecule has 35 heavy (non-hydrogen) atoms. The van der Waals surface area contributed by atoms with E-state index < -0.39 is 0 Å². The molecule has 0 aliphatic rings. The molecule has 0 saturated heterocycles. The highest BCUT2D eigenvalue weighted by Gasteiger charge is 2.15. The smallest absolute Gasteiger partial charge is 0.224 e. The number of amides is 1. The van der Waals surface area contributed by atoms with Gasteiger partial charge in [-0.1, -0.05) is 54.1 Å². The number of anilines is 1. The molecule has 5 aromatic rings. The molecular weight excluding hydrogens is 458 g/mol. The van der Waals surface area contributed by atoms with Crippen LogP contribution in [0.15, 0.2) is 97.2 Å². The number of aryl methyl sites for hydroxylation is 1. The average molecular weight is 482 g/mol. The van der Waals surface area contributed by atoms with Gasteiger partial charge in [0.25, 0.3) is 0 Å². The first kappa shape index (κ1) is 22.7. The molecule has 0 aliphatic carbocycles. The van der Waals surface area contributed by atoms with E-state index in [1.54, 1.807) is 24.4 Å². The number of hydrogen-bond acceptors (Lipinski definition) is 3. The van der Waals surface area contributed by atoms with Gasteiger partial charge < -0.3 is 15.0 Å². The van der Waals surface area contributed by atoms with E-state index in [4.69, 9.17) is 16.3 Å². The minimum Gasteiger partial charge on any atom is -0.455 e. The van der Waals surface area contributed by atoms with Crippen molar-refractivity contribution in [3.8, 4) is 22.9 Å². The van der Waals surface area contributed by atoms with Gasteiger partial charge in [0.15, 0.2) is 5.75 Å². The summed E-state index contributed by atoms with van der Waals surface area (Å²) in [4.78, 5) is 20.9. The first-order chi connectivity index (χ1) is 17.2. The Morgan fingerprint density at radius 3 is 2.57 bits per heavy atom. The summed E-state index contributed by atoms with van der Waals surface area (Å²) in [5, 5.41) is 4.65. The monoisotopic (exact) mass is 481 g/mol. The molecule has 0 saturated carbocycles. The maximum atomic E-state index is 12.8. The third-order valence-electron chi connectivity index (χ3n) is 5.75. The molecule has 2 N–H and O–H groups in total. The highest BCUT2D eigenvalue weighted by molar-refractivity contribution is 6.31. The van der Waals surface area contributed by atoms with Gasteiger partial charge in [-0.25, -0.2) is 0 Å². The highest BCUT2D eigenvalue weighted by Crippen LogP contribution is 2.33. The minimum absolute atomic E-state index is 0.0931. The Hall–Kier alpha value is -4.09. The van der Waals surface area contributed by atoms with Crippen molar-refractivity contribution in [2.75, 3.05) is 5.32 Å². The zero-order chi connectivity index (χ0) is 24.0. The summed E-state index contributed by atoms with van der Waals surface area (Å²) < 4.78 is 5.96. The van der Waals surface area contributed by atoms with Gasteiger partial charge >= 0.3 is 0 Å². The van der Waals surface area contributed by atoms with Crippen LogP contribution in [0.4, 0.5) is 5.69 Å². The molecule has 2 heterocycles. The Kier molecular flexibility index (Phi) is 6.77.